The lowest BCUT2D eigenvalue weighted by Crippen LogP contribution is -2.55. The number of carbonyl (C=O) groups excluding carboxylic acids is 1. The SMILES string of the molecule is CO[C@@H]1[C@H](OC(=O)/C=C/c2ccc(O)cc2)CC[C@]2(CO2)[C@H]1[C@]1(C)O[C@@H]1CC=C(C)C. The summed E-state index contributed by atoms with van der Waals surface area (Å²) in [6.07, 6.45) is 7.16. The van der Waals surface area contributed by atoms with Crippen molar-refractivity contribution in [1.29, 1.82) is 0 Å². The van der Waals surface area contributed by atoms with E-state index in [0.717, 1.165) is 18.4 Å². The molecule has 6 nitrogen and oxygen atoms in total. The number of aromatic hydroxyl groups is 1. The van der Waals surface area contributed by atoms with Gasteiger partial charge < -0.3 is 24.1 Å². The quantitative estimate of drug-likeness (QED) is 0.306. The molecule has 0 radical (unpaired) electrons. The number of hydrogen-bond acceptors (Lipinski definition) is 6. The summed E-state index contributed by atoms with van der Waals surface area (Å²) < 4.78 is 23.9. The van der Waals surface area contributed by atoms with E-state index < -0.39 is 5.97 Å². The second kappa shape index (κ2) is 8.41. The summed E-state index contributed by atoms with van der Waals surface area (Å²) in [6.45, 7) is 7.01. The minimum atomic E-state index is -0.408. The maximum absolute atomic E-state index is 12.5. The second-order valence-corrected chi connectivity index (χ2v) is 9.28. The number of esters is 1. The van der Waals surface area contributed by atoms with Gasteiger partial charge in [0.25, 0.3) is 0 Å². The van der Waals surface area contributed by atoms with Gasteiger partial charge in [0, 0.05) is 13.2 Å². The van der Waals surface area contributed by atoms with Crippen LogP contribution in [0.5, 0.6) is 5.75 Å². The molecule has 6 heteroatoms. The molecule has 1 saturated carbocycles. The number of allylic oxidation sites excluding steroid dienone is 1. The van der Waals surface area contributed by atoms with Gasteiger partial charge in [-0.1, -0.05) is 23.8 Å². The van der Waals surface area contributed by atoms with E-state index in [9.17, 15) is 9.90 Å². The van der Waals surface area contributed by atoms with Gasteiger partial charge in [0.05, 0.1) is 18.6 Å². The molecule has 4 rings (SSSR count). The monoisotopic (exact) mass is 428 g/mol. The number of methoxy groups -OCH3 is 1. The summed E-state index contributed by atoms with van der Waals surface area (Å²) in [7, 11) is 1.67. The lowest BCUT2D eigenvalue weighted by atomic mass is 9.68. The third-order valence-corrected chi connectivity index (χ3v) is 6.81. The molecule has 168 valence electrons. The van der Waals surface area contributed by atoms with Crippen LogP contribution in [-0.2, 0) is 23.7 Å². The van der Waals surface area contributed by atoms with Gasteiger partial charge >= 0.3 is 5.97 Å². The van der Waals surface area contributed by atoms with Gasteiger partial charge in [-0.3, -0.25) is 0 Å². The third kappa shape index (κ3) is 4.56. The fourth-order valence-corrected chi connectivity index (χ4v) is 5.01. The largest absolute Gasteiger partial charge is 0.508 e. The second-order valence-electron chi connectivity index (χ2n) is 9.28. The van der Waals surface area contributed by atoms with E-state index in [4.69, 9.17) is 18.9 Å². The third-order valence-electron chi connectivity index (χ3n) is 6.81. The van der Waals surface area contributed by atoms with Crippen LogP contribution in [0.1, 0.15) is 45.6 Å². The number of hydrogen-bond donors (Lipinski definition) is 1. The van der Waals surface area contributed by atoms with Gasteiger partial charge in [-0.05, 0) is 63.8 Å². The predicted molar refractivity (Wildman–Crippen MR) is 117 cm³/mol. The van der Waals surface area contributed by atoms with Crippen LogP contribution in [0.2, 0.25) is 0 Å². The standard InChI is InChI=1S/C25H32O6/c1-16(2)5-11-20-24(3,31-20)23-22(28-4)19(13-14-25(23)15-29-25)30-21(27)12-8-17-6-9-18(26)10-7-17/h5-10,12,19-20,22-23,26H,11,13-15H2,1-4H3/b12-8+/t19-,20-,22-,23-,24-,25+/m1/s1. The van der Waals surface area contributed by atoms with E-state index in [1.54, 1.807) is 37.5 Å². The van der Waals surface area contributed by atoms with Crippen LogP contribution in [0.4, 0.5) is 0 Å². The Bertz CT molecular complexity index is 865. The summed E-state index contributed by atoms with van der Waals surface area (Å²) >= 11 is 0. The first-order valence-electron chi connectivity index (χ1n) is 10.9. The normalized spacial score (nSPS) is 36.4. The maximum atomic E-state index is 12.5. The number of carbonyl (C=O) groups is 1. The van der Waals surface area contributed by atoms with Gasteiger partial charge in [-0.15, -0.1) is 0 Å². The first-order chi connectivity index (χ1) is 14.8. The van der Waals surface area contributed by atoms with Crippen LogP contribution in [0.3, 0.4) is 0 Å². The number of epoxide rings is 2. The Labute approximate surface area is 183 Å². The Morgan fingerprint density at radius 3 is 2.61 bits per heavy atom. The summed E-state index contributed by atoms with van der Waals surface area (Å²) in [5.41, 5.74) is 1.50. The van der Waals surface area contributed by atoms with E-state index >= 15 is 0 Å². The fourth-order valence-electron chi connectivity index (χ4n) is 5.01. The summed E-state index contributed by atoms with van der Waals surface area (Å²) in [5, 5.41) is 9.38. The first-order valence-corrected chi connectivity index (χ1v) is 10.9. The molecule has 1 N–H and O–H groups in total. The summed E-state index contributed by atoms with van der Waals surface area (Å²) in [5.74, 6) is -0.214. The molecule has 0 aromatic heterocycles. The molecule has 2 saturated heterocycles. The summed E-state index contributed by atoms with van der Waals surface area (Å²) in [6, 6.07) is 6.63. The van der Waals surface area contributed by atoms with Crippen LogP contribution in [-0.4, -0.2) is 54.3 Å². The molecule has 2 heterocycles. The van der Waals surface area contributed by atoms with E-state index in [2.05, 4.69) is 26.8 Å². The fraction of sp³-hybridized carbons (Fsp3) is 0.560. The highest BCUT2D eigenvalue weighted by atomic mass is 16.6. The van der Waals surface area contributed by atoms with Crippen molar-refractivity contribution in [1.82, 2.24) is 0 Å². The Balaban J connectivity index is 1.45. The van der Waals surface area contributed by atoms with Gasteiger partial charge in [-0.2, -0.15) is 0 Å². The maximum Gasteiger partial charge on any atom is 0.331 e. The highest BCUT2D eigenvalue weighted by Gasteiger charge is 2.72. The molecule has 3 aliphatic rings. The molecule has 6 atom stereocenters. The van der Waals surface area contributed by atoms with Crippen molar-refractivity contribution in [2.24, 2.45) is 5.92 Å². The number of rotatable bonds is 7. The molecule has 1 spiro atoms. The zero-order chi connectivity index (χ0) is 22.2. The van der Waals surface area contributed by atoms with Crippen molar-refractivity contribution in [3.05, 3.63) is 47.6 Å². The number of ether oxygens (including phenoxy) is 4. The first kappa shape index (κ1) is 22.1. The topological polar surface area (TPSA) is 80.8 Å². The number of phenols is 1. The van der Waals surface area contributed by atoms with Crippen molar-refractivity contribution in [3.8, 4) is 5.75 Å². The minimum Gasteiger partial charge on any atom is -0.508 e. The molecule has 3 fully saturated rings. The van der Waals surface area contributed by atoms with Crippen LogP contribution in [0, 0.1) is 5.92 Å². The molecule has 2 aliphatic heterocycles. The van der Waals surface area contributed by atoms with Crippen molar-refractivity contribution in [2.75, 3.05) is 13.7 Å². The van der Waals surface area contributed by atoms with Crippen molar-refractivity contribution < 1.29 is 28.8 Å². The number of phenolic OH excluding ortho intramolecular Hbond substituents is 1. The average Bonchev–Trinajstić information content (AvgIpc) is 3.65. The van der Waals surface area contributed by atoms with Crippen molar-refractivity contribution in [3.63, 3.8) is 0 Å². The van der Waals surface area contributed by atoms with Crippen molar-refractivity contribution in [2.45, 2.75) is 69.5 Å². The van der Waals surface area contributed by atoms with Gasteiger partial charge in [0.15, 0.2) is 0 Å². The summed E-state index contributed by atoms with van der Waals surface area (Å²) in [4.78, 5) is 12.5. The molecule has 1 aromatic carbocycles. The van der Waals surface area contributed by atoms with E-state index in [-0.39, 0.29) is 41.2 Å². The zero-order valence-corrected chi connectivity index (χ0v) is 18.7. The molecule has 0 amide bonds. The van der Waals surface area contributed by atoms with Gasteiger partial charge in [0.1, 0.15) is 29.2 Å². The molecular weight excluding hydrogens is 396 g/mol. The average molecular weight is 429 g/mol. The van der Waals surface area contributed by atoms with Gasteiger partial charge in [-0.25, -0.2) is 4.79 Å². The van der Waals surface area contributed by atoms with Crippen LogP contribution >= 0.6 is 0 Å². The number of benzene rings is 1. The van der Waals surface area contributed by atoms with Crippen LogP contribution in [0.25, 0.3) is 6.08 Å². The minimum absolute atomic E-state index is 0.00758. The highest BCUT2D eigenvalue weighted by Crippen LogP contribution is 2.59. The Hall–Kier alpha value is -2.15. The molecule has 0 unspecified atom stereocenters. The highest BCUT2D eigenvalue weighted by molar-refractivity contribution is 5.87. The Kier molecular flexibility index (Phi) is 5.99. The zero-order valence-electron chi connectivity index (χ0n) is 18.7. The Morgan fingerprint density at radius 1 is 1.29 bits per heavy atom. The molecule has 0 bridgehead atoms. The smallest absolute Gasteiger partial charge is 0.331 e. The Morgan fingerprint density at radius 2 is 2.00 bits per heavy atom. The molecule has 1 aromatic rings. The van der Waals surface area contributed by atoms with Crippen molar-refractivity contribution >= 4 is 12.0 Å². The van der Waals surface area contributed by atoms with Gasteiger partial charge in [0.2, 0.25) is 0 Å². The predicted octanol–water partition coefficient (Wildman–Crippen LogP) is 4.03. The van der Waals surface area contributed by atoms with Crippen LogP contribution in [0.15, 0.2) is 42.0 Å². The molecule has 31 heavy (non-hydrogen) atoms. The lowest BCUT2D eigenvalue weighted by Gasteiger charge is -2.42. The van der Waals surface area contributed by atoms with E-state index in [1.807, 2.05) is 0 Å². The lowest BCUT2D eigenvalue weighted by molar-refractivity contribution is -0.166. The van der Waals surface area contributed by atoms with E-state index in [1.165, 1.54) is 11.6 Å². The van der Waals surface area contributed by atoms with E-state index in [0.29, 0.717) is 13.0 Å². The molecular formula is C25H32O6. The molecule has 1 aliphatic carbocycles. The van der Waals surface area contributed by atoms with Crippen LogP contribution < -0.4 is 0 Å².